The molecule has 0 aromatic rings. The minimum Gasteiger partial charge on any atom is -0.393 e. The van der Waals surface area contributed by atoms with Gasteiger partial charge in [-0.15, -0.1) is 0 Å². The Morgan fingerprint density at radius 1 is 1.86 bits per heavy atom. The molecule has 4 N–H and O–H groups in total. The number of nitrogens with two attached hydrogens (primary N) is 1. The summed E-state index contributed by atoms with van der Waals surface area (Å²) in [6.07, 6.45) is 0.144. The molecular formula is C3H8N2O2. The monoisotopic (exact) mass is 104 g/mol. The molecule has 0 aliphatic carbocycles. The molecule has 0 rings (SSSR count). The van der Waals surface area contributed by atoms with E-state index in [1.807, 2.05) is 0 Å². The topological polar surface area (TPSA) is 78.8 Å². The summed E-state index contributed by atoms with van der Waals surface area (Å²) in [5, 5.41) is 19.4. The van der Waals surface area contributed by atoms with Crippen molar-refractivity contribution in [3.05, 3.63) is 0 Å². The molecule has 42 valence electrons. The fraction of sp³-hybridized carbons (Fsp3) is 0.667. The largest absolute Gasteiger partial charge is 0.393 e. The molecule has 0 aliphatic heterocycles. The number of rotatable bonds is 2. The van der Waals surface area contributed by atoms with Gasteiger partial charge in [-0.3, -0.25) is 0 Å². The number of aliphatic hydroxyl groups is 2. The summed E-state index contributed by atoms with van der Waals surface area (Å²) in [7, 11) is 0. The van der Waals surface area contributed by atoms with E-state index in [0.29, 0.717) is 0 Å². The Bertz CT molecular complexity index is 64.0. The average Bonchev–Trinajstić information content (AvgIpc) is 1.68. The molecule has 7 heavy (non-hydrogen) atoms. The second-order valence-corrected chi connectivity index (χ2v) is 1.05. The molecule has 4 nitrogen and oxygen atoms in total. The highest BCUT2D eigenvalue weighted by Gasteiger charge is 1.91. The maximum absolute atomic E-state index is 8.38. The highest BCUT2D eigenvalue weighted by molar-refractivity contribution is 5.62. The molecule has 0 fully saturated rings. The van der Waals surface area contributed by atoms with Crippen molar-refractivity contribution in [2.24, 2.45) is 10.9 Å². The van der Waals surface area contributed by atoms with Gasteiger partial charge in [0.2, 0.25) is 0 Å². The summed E-state index contributed by atoms with van der Waals surface area (Å²) in [4.78, 5) is 0. The Morgan fingerprint density at radius 3 is 2.57 bits per heavy atom. The van der Waals surface area contributed by atoms with Crippen molar-refractivity contribution < 1.29 is 10.2 Å². The summed E-state index contributed by atoms with van der Waals surface area (Å²) in [6.45, 7) is -0.333. The average molecular weight is 104 g/mol. The van der Waals surface area contributed by atoms with Crippen LogP contribution in [0.15, 0.2) is 5.10 Å². The van der Waals surface area contributed by atoms with Gasteiger partial charge in [-0.2, -0.15) is 5.10 Å². The molecule has 0 aromatic carbocycles. The van der Waals surface area contributed by atoms with Crippen LogP contribution >= 0.6 is 0 Å². The van der Waals surface area contributed by atoms with E-state index in [1.165, 1.54) is 0 Å². The van der Waals surface area contributed by atoms with Crippen LogP contribution in [0, 0.1) is 0 Å². The predicted octanol–water partition coefficient (Wildman–Crippen LogP) is -1.72. The Hall–Kier alpha value is -0.610. The molecule has 0 heterocycles. The SMILES string of the molecule is NN=C[C@@H](O)CO. The molecule has 0 amide bonds. The number of hydrazone groups is 1. The summed E-state index contributed by atoms with van der Waals surface area (Å²) in [5.74, 6) is 4.60. The van der Waals surface area contributed by atoms with Crippen molar-refractivity contribution in [2.45, 2.75) is 6.10 Å². The van der Waals surface area contributed by atoms with E-state index in [9.17, 15) is 0 Å². The number of hydrogen-bond donors (Lipinski definition) is 3. The zero-order valence-electron chi connectivity index (χ0n) is 3.78. The van der Waals surface area contributed by atoms with Crippen LogP contribution in [0.1, 0.15) is 0 Å². The molecule has 0 saturated carbocycles. The first-order valence-corrected chi connectivity index (χ1v) is 1.83. The van der Waals surface area contributed by atoms with Crippen molar-refractivity contribution in [3.63, 3.8) is 0 Å². The maximum Gasteiger partial charge on any atom is 0.114 e. The van der Waals surface area contributed by atoms with E-state index < -0.39 is 6.10 Å². The zero-order chi connectivity index (χ0) is 5.70. The zero-order valence-corrected chi connectivity index (χ0v) is 3.78. The van der Waals surface area contributed by atoms with Crippen LogP contribution in [0.2, 0.25) is 0 Å². The molecule has 0 aromatic heterocycles. The van der Waals surface area contributed by atoms with Crippen LogP contribution in [0.3, 0.4) is 0 Å². The molecule has 1 atom stereocenters. The highest BCUT2D eigenvalue weighted by atomic mass is 16.3. The Balaban J connectivity index is 3.16. The lowest BCUT2D eigenvalue weighted by Crippen LogP contribution is -2.13. The molecule has 0 spiro atoms. The standard InChI is InChI=1S/C3H8N2O2/c4-5-1-3(7)2-6/h1,3,6-7H,2,4H2/t3-/m1/s1. The second-order valence-electron chi connectivity index (χ2n) is 1.05. The first-order chi connectivity index (χ1) is 3.31. The van der Waals surface area contributed by atoms with Gasteiger partial charge in [0.05, 0.1) is 12.8 Å². The molecule has 0 aliphatic rings. The van der Waals surface area contributed by atoms with Crippen LogP contribution in [0.4, 0.5) is 0 Å². The Labute approximate surface area is 41.3 Å². The molecule has 4 heteroatoms. The molecule has 0 saturated heterocycles. The lowest BCUT2D eigenvalue weighted by Gasteiger charge is -1.93. The number of nitrogens with zero attached hydrogens (tertiary/aromatic N) is 1. The van der Waals surface area contributed by atoms with E-state index >= 15 is 0 Å². The van der Waals surface area contributed by atoms with Crippen LogP contribution in [-0.2, 0) is 0 Å². The fourth-order valence-corrected chi connectivity index (χ4v) is 0.146. The van der Waals surface area contributed by atoms with Crippen molar-refractivity contribution in [1.29, 1.82) is 0 Å². The van der Waals surface area contributed by atoms with E-state index in [0.717, 1.165) is 6.21 Å². The van der Waals surface area contributed by atoms with Crippen molar-refractivity contribution in [1.82, 2.24) is 0 Å². The summed E-state index contributed by atoms with van der Waals surface area (Å²) in [6, 6.07) is 0. The third-order valence-corrected chi connectivity index (χ3v) is 0.445. The van der Waals surface area contributed by atoms with Gasteiger partial charge in [0.25, 0.3) is 0 Å². The van der Waals surface area contributed by atoms with Gasteiger partial charge in [-0.05, 0) is 0 Å². The number of hydrogen-bond acceptors (Lipinski definition) is 4. The molecule has 0 bridgehead atoms. The van der Waals surface area contributed by atoms with Crippen molar-refractivity contribution in [3.8, 4) is 0 Å². The molecule has 0 radical (unpaired) electrons. The summed E-state index contributed by atoms with van der Waals surface area (Å²) in [5.41, 5.74) is 0. The normalized spacial score (nSPS) is 15.1. The summed E-state index contributed by atoms with van der Waals surface area (Å²) < 4.78 is 0. The Kier molecular flexibility index (Phi) is 3.26. The van der Waals surface area contributed by atoms with E-state index in [4.69, 9.17) is 10.2 Å². The lowest BCUT2D eigenvalue weighted by molar-refractivity contribution is 0.148. The van der Waals surface area contributed by atoms with Crippen molar-refractivity contribution >= 4 is 6.21 Å². The second kappa shape index (κ2) is 3.58. The van der Waals surface area contributed by atoms with Gasteiger partial charge in [-0.25, -0.2) is 0 Å². The Morgan fingerprint density at radius 2 is 2.43 bits per heavy atom. The van der Waals surface area contributed by atoms with E-state index in [1.54, 1.807) is 0 Å². The van der Waals surface area contributed by atoms with E-state index in [2.05, 4.69) is 10.9 Å². The maximum atomic E-state index is 8.38. The van der Waals surface area contributed by atoms with E-state index in [-0.39, 0.29) is 6.61 Å². The highest BCUT2D eigenvalue weighted by Crippen LogP contribution is 1.69. The first-order valence-electron chi connectivity index (χ1n) is 1.83. The molecule has 0 unspecified atom stereocenters. The van der Waals surface area contributed by atoms with Crippen LogP contribution in [0.5, 0.6) is 0 Å². The number of aliphatic hydroxyl groups excluding tert-OH is 2. The third kappa shape index (κ3) is 3.21. The lowest BCUT2D eigenvalue weighted by atomic mass is 10.4. The van der Waals surface area contributed by atoms with Crippen LogP contribution in [0.25, 0.3) is 0 Å². The third-order valence-electron chi connectivity index (χ3n) is 0.445. The van der Waals surface area contributed by atoms with Crippen molar-refractivity contribution in [2.75, 3.05) is 6.61 Å². The minimum absolute atomic E-state index is 0.333. The van der Waals surface area contributed by atoms with Crippen LogP contribution < -0.4 is 5.84 Å². The van der Waals surface area contributed by atoms with Gasteiger partial charge >= 0.3 is 0 Å². The van der Waals surface area contributed by atoms with Gasteiger partial charge < -0.3 is 16.1 Å². The smallest absolute Gasteiger partial charge is 0.114 e. The first kappa shape index (κ1) is 6.39. The summed E-state index contributed by atoms with van der Waals surface area (Å²) >= 11 is 0. The van der Waals surface area contributed by atoms with Gasteiger partial charge in [0.1, 0.15) is 6.10 Å². The molecular weight excluding hydrogens is 96.0 g/mol. The fourth-order valence-electron chi connectivity index (χ4n) is 0.146. The van der Waals surface area contributed by atoms with Gasteiger partial charge in [0, 0.05) is 0 Å². The minimum atomic E-state index is -0.912. The quantitative estimate of drug-likeness (QED) is 0.221. The van der Waals surface area contributed by atoms with Gasteiger partial charge in [0.15, 0.2) is 0 Å². The predicted molar refractivity (Wildman–Crippen MR) is 25.8 cm³/mol. The van der Waals surface area contributed by atoms with Crippen LogP contribution in [-0.4, -0.2) is 29.1 Å². The van der Waals surface area contributed by atoms with Gasteiger partial charge in [-0.1, -0.05) is 0 Å².